The van der Waals surface area contributed by atoms with Crippen LogP contribution in [0.4, 0.5) is 4.39 Å². The Morgan fingerprint density at radius 3 is 2.29 bits per heavy atom. The number of benzene rings is 1. The van der Waals surface area contributed by atoms with Gasteiger partial charge in [0, 0.05) is 0 Å². The SMILES string of the molecule is C/C=C/CCC1CCC(C2CCC(c3ccc(OCC)c(Cl)c3F)CC2)CC1. The predicted molar refractivity (Wildman–Crippen MR) is 117 cm³/mol. The van der Waals surface area contributed by atoms with Gasteiger partial charge >= 0.3 is 0 Å². The van der Waals surface area contributed by atoms with Crippen LogP contribution in [0.15, 0.2) is 24.3 Å². The van der Waals surface area contributed by atoms with Gasteiger partial charge in [-0.25, -0.2) is 4.39 Å². The Bertz CT molecular complexity index is 640. The summed E-state index contributed by atoms with van der Waals surface area (Å²) in [6.07, 6.45) is 17.4. The molecule has 2 saturated carbocycles. The zero-order valence-corrected chi connectivity index (χ0v) is 18.3. The molecule has 2 fully saturated rings. The van der Waals surface area contributed by atoms with Gasteiger partial charge in [0.1, 0.15) is 16.6 Å². The van der Waals surface area contributed by atoms with Crippen molar-refractivity contribution in [3.8, 4) is 5.75 Å². The van der Waals surface area contributed by atoms with Gasteiger partial charge in [0.2, 0.25) is 0 Å². The molecule has 1 aromatic carbocycles. The highest BCUT2D eigenvalue weighted by Gasteiger charge is 2.32. The number of ether oxygens (including phenoxy) is 1. The van der Waals surface area contributed by atoms with E-state index < -0.39 is 0 Å². The number of allylic oxidation sites excluding steroid dienone is 2. The van der Waals surface area contributed by atoms with Crippen molar-refractivity contribution >= 4 is 11.6 Å². The van der Waals surface area contributed by atoms with Gasteiger partial charge in [-0.15, -0.1) is 0 Å². The molecule has 156 valence electrons. The van der Waals surface area contributed by atoms with Crippen LogP contribution in [-0.2, 0) is 0 Å². The van der Waals surface area contributed by atoms with E-state index in [-0.39, 0.29) is 10.8 Å². The minimum absolute atomic E-state index is 0.151. The molecule has 0 unspecified atom stereocenters. The van der Waals surface area contributed by atoms with Crippen LogP contribution in [0, 0.1) is 23.6 Å². The first-order valence-corrected chi connectivity index (χ1v) is 11.7. The number of hydrogen-bond acceptors (Lipinski definition) is 1. The molecular formula is C25H36ClFO. The quantitative estimate of drug-likeness (QED) is 0.413. The van der Waals surface area contributed by atoms with Crippen LogP contribution in [0.25, 0.3) is 0 Å². The van der Waals surface area contributed by atoms with Gasteiger partial charge < -0.3 is 4.74 Å². The van der Waals surface area contributed by atoms with Crippen LogP contribution in [0.5, 0.6) is 5.75 Å². The first-order chi connectivity index (χ1) is 13.6. The first kappa shape index (κ1) is 21.7. The summed E-state index contributed by atoms with van der Waals surface area (Å²) >= 11 is 6.20. The van der Waals surface area contributed by atoms with Crippen molar-refractivity contribution in [1.29, 1.82) is 0 Å². The lowest BCUT2D eigenvalue weighted by atomic mass is 9.68. The molecule has 1 aromatic rings. The minimum Gasteiger partial charge on any atom is -0.492 e. The highest BCUT2D eigenvalue weighted by atomic mass is 35.5. The van der Waals surface area contributed by atoms with Gasteiger partial charge in [-0.2, -0.15) is 0 Å². The fourth-order valence-corrected chi connectivity index (χ4v) is 5.70. The Morgan fingerprint density at radius 2 is 1.68 bits per heavy atom. The number of hydrogen-bond donors (Lipinski definition) is 0. The van der Waals surface area contributed by atoms with Crippen LogP contribution in [0.2, 0.25) is 5.02 Å². The summed E-state index contributed by atoms with van der Waals surface area (Å²) < 4.78 is 20.2. The largest absolute Gasteiger partial charge is 0.492 e. The Kier molecular flexibility index (Phi) is 8.26. The Balaban J connectivity index is 1.49. The summed E-state index contributed by atoms with van der Waals surface area (Å²) in [5.74, 6) is 3.18. The molecule has 0 atom stereocenters. The van der Waals surface area contributed by atoms with Crippen molar-refractivity contribution in [3.63, 3.8) is 0 Å². The molecular weight excluding hydrogens is 371 g/mol. The molecule has 2 aliphatic carbocycles. The lowest BCUT2D eigenvalue weighted by Crippen LogP contribution is -2.25. The molecule has 0 saturated heterocycles. The Hall–Kier alpha value is -1.02. The second-order valence-corrected chi connectivity index (χ2v) is 9.13. The van der Waals surface area contributed by atoms with E-state index in [0.717, 1.165) is 36.2 Å². The van der Waals surface area contributed by atoms with Gasteiger partial charge in [0.05, 0.1) is 6.61 Å². The third-order valence-corrected chi connectivity index (χ3v) is 7.48. The van der Waals surface area contributed by atoms with Crippen molar-refractivity contribution < 1.29 is 9.13 Å². The molecule has 28 heavy (non-hydrogen) atoms. The van der Waals surface area contributed by atoms with Crippen molar-refractivity contribution in [3.05, 3.63) is 40.7 Å². The minimum atomic E-state index is -0.266. The summed E-state index contributed by atoms with van der Waals surface area (Å²) in [6.45, 7) is 4.50. The third kappa shape index (κ3) is 5.32. The van der Waals surface area contributed by atoms with Crippen molar-refractivity contribution in [1.82, 2.24) is 0 Å². The van der Waals surface area contributed by atoms with Gasteiger partial charge in [-0.3, -0.25) is 0 Å². The maximum atomic E-state index is 14.8. The zero-order chi connectivity index (χ0) is 19.9. The smallest absolute Gasteiger partial charge is 0.149 e. The first-order valence-electron chi connectivity index (χ1n) is 11.4. The van der Waals surface area contributed by atoms with Crippen LogP contribution in [0.1, 0.15) is 89.5 Å². The fourth-order valence-electron chi connectivity index (χ4n) is 5.48. The molecule has 0 N–H and O–H groups in total. The average Bonchev–Trinajstić information content (AvgIpc) is 2.73. The summed E-state index contributed by atoms with van der Waals surface area (Å²) in [5.41, 5.74) is 0.791. The highest BCUT2D eigenvalue weighted by Crippen LogP contribution is 2.46. The van der Waals surface area contributed by atoms with Crippen LogP contribution < -0.4 is 4.74 Å². The van der Waals surface area contributed by atoms with E-state index in [1.807, 2.05) is 19.1 Å². The second-order valence-electron chi connectivity index (χ2n) is 8.75. The van der Waals surface area contributed by atoms with Gasteiger partial charge in [-0.05, 0) is 101 Å². The standard InChI is InChI=1S/C25H36ClFO/c1-3-5-6-7-18-8-10-19(11-9-18)20-12-14-21(15-13-20)22-16-17-23(28-4-2)24(26)25(22)27/h3,5,16-21H,4,6-15H2,1-2H3/b5-3+. The number of rotatable bonds is 7. The van der Waals surface area contributed by atoms with E-state index in [4.69, 9.17) is 16.3 Å². The van der Waals surface area contributed by atoms with Gasteiger partial charge in [-0.1, -0.05) is 42.7 Å². The normalized spacial score (nSPS) is 28.6. The maximum absolute atomic E-state index is 14.8. The van der Waals surface area contributed by atoms with E-state index in [2.05, 4.69) is 19.1 Å². The molecule has 0 aliphatic heterocycles. The average molecular weight is 407 g/mol. The van der Waals surface area contributed by atoms with E-state index in [0.29, 0.717) is 18.3 Å². The van der Waals surface area contributed by atoms with Gasteiger partial charge in [0.15, 0.2) is 0 Å². The zero-order valence-electron chi connectivity index (χ0n) is 17.6. The maximum Gasteiger partial charge on any atom is 0.149 e. The molecule has 0 aromatic heterocycles. The summed E-state index contributed by atoms with van der Waals surface area (Å²) in [7, 11) is 0. The second kappa shape index (κ2) is 10.7. The molecule has 1 nitrogen and oxygen atoms in total. The monoisotopic (exact) mass is 406 g/mol. The van der Waals surface area contributed by atoms with Crippen molar-refractivity contribution in [2.24, 2.45) is 17.8 Å². The predicted octanol–water partition coefficient (Wildman–Crippen LogP) is 8.31. The molecule has 0 heterocycles. The van der Waals surface area contributed by atoms with Gasteiger partial charge in [0.25, 0.3) is 0 Å². The molecule has 0 spiro atoms. The van der Waals surface area contributed by atoms with E-state index in [1.54, 1.807) is 0 Å². The third-order valence-electron chi connectivity index (χ3n) is 7.12. The summed E-state index contributed by atoms with van der Waals surface area (Å²) in [4.78, 5) is 0. The molecule has 2 aliphatic rings. The van der Waals surface area contributed by atoms with Crippen LogP contribution >= 0.6 is 11.6 Å². The van der Waals surface area contributed by atoms with E-state index in [9.17, 15) is 4.39 Å². The molecule has 0 radical (unpaired) electrons. The Labute approximate surface area is 175 Å². The number of halogens is 2. The van der Waals surface area contributed by atoms with E-state index in [1.165, 1.54) is 51.4 Å². The summed E-state index contributed by atoms with van der Waals surface area (Å²) in [5, 5.41) is 0.151. The highest BCUT2D eigenvalue weighted by molar-refractivity contribution is 6.32. The molecule has 0 bridgehead atoms. The molecule has 0 amide bonds. The lowest BCUT2D eigenvalue weighted by Gasteiger charge is -2.38. The summed E-state index contributed by atoms with van der Waals surface area (Å²) in [6, 6.07) is 3.73. The molecule has 3 heteroatoms. The Morgan fingerprint density at radius 1 is 1.04 bits per heavy atom. The van der Waals surface area contributed by atoms with Crippen LogP contribution in [0.3, 0.4) is 0 Å². The van der Waals surface area contributed by atoms with Crippen molar-refractivity contribution in [2.75, 3.05) is 6.61 Å². The fraction of sp³-hybridized carbons (Fsp3) is 0.680. The van der Waals surface area contributed by atoms with Crippen molar-refractivity contribution in [2.45, 2.75) is 84.0 Å². The topological polar surface area (TPSA) is 9.23 Å². The van der Waals surface area contributed by atoms with Crippen LogP contribution in [-0.4, -0.2) is 6.61 Å². The van der Waals surface area contributed by atoms with E-state index >= 15 is 0 Å². The molecule has 3 rings (SSSR count). The lowest BCUT2D eigenvalue weighted by molar-refractivity contribution is 0.156.